The number of carboxylic acid groups (broad SMARTS) is 1. The van der Waals surface area contributed by atoms with Gasteiger partial charge in [0.05, 0.1) is 17.6 Å². The molecule has 2 N–H and O–H groups in total. The van der Waals surface area contributed by atoms with E-state index in [1.165, 1.54) is 19.1 Å². The second-order valence-corrected chi connectivity index (χ2v) is 4.11. The van der Waals surface area contributed by atoms with Crippen LogP contribution in [-0.2, 0) is 11.0 Å². The molecule has 0 spiro atoms. The van der Waals surface area contributed by atoms with Gasteiger partial charge in [0.1, 0.15) is 0 Å². The lowest BCUT2D eigenvalue weighted by atomic mass is 9.97. The predicted octanol–water partition coefficient (Wildman–Crippen LogP) is 2.85. The van der Waals surface area contributed by atoms with Crippen molar-refractivity contribution in [3.63, 3.8) is 0 Å². The Morgan fingerprint density at radius 2 is 2.00 bits per heavy atom. The minimum absolute atomic E-state index is 0.0675. The fourth-order valence-electron chi connectivity index (χ4n) is 1.49. The normalized spacial score (nSPS) is 15.2. The molecule has 0 aliphatic rings. The maximum Gasteiger partial charge on any atom is 0.416 e. The second-order valence-electron chi connectivity index (χ2n) is 4.11. The van der Waals surface area contributed by atoms with Crippen molar-refractivity contribution in [2.24, 2.45) is 5.92 Å². The van der Waals surface area contributed by atoms with Gasteiger partial charge in [0.2, 0.25) is 0 Å². The number of carboxylic acids is 1. The molecule has 0 heterocycles. The molecule has 1 rings (SSSR count). The van der Waals surface area contributed by atoms with E-state index in [9.17, 15) is 23.1 Å². The monoisotopic (exact) mass is 262 g/mol. The van der Waals surface area contributed by atoms with Crippen LogP contribution in [0, 0.1) is 5.92 Å². The Morgan fingerprint density at radius 3 is 2.50 bits per heavy atom. The lowest BCUT2D eigenvalue weighted by Gasteiger charge is -2.15. The summed E-state index contributed by atoms with van der Waals surface area (Å²) in [5, 5.41) is 18.4. The van der Waals surface area contributed by atoms with Gasteiger partial charge in [0.25, 0.3) is 0 Å². The molecular formula is C12H13F3O3. The second kappa shape index (κ2) is 5.39. The van der Waals surface area contributed by atoms with E-state index in [-0.39, 0.29) is 12.0 Å². The topological polar surface area (TPSA) is 57.5 Å². The Kier molecular flexibility index (Phi) is 4.34. The summed E-state index contributed by atoms with van der Waals surface area (Å²) in [5.74, 6) is -1.92. The lowest BCUT2D eigenvalue weighted by molar-refractivity contribution is -0.142. The van der Waals surface area contributed by atoms with E-state index in [1.807, 2.05) is 0 Å². The van der Waals surface area contributed by atoms with Crippen LogP contribution in [0.25, 0.3) is 0 Å². The molecule has 3 nitrogen and oxygen atoms in total. The maximum atomic E-state index is 12.4. The number of rotatable bonds is 4. The Morgan fingerprint density at radius 1 is 1.39 bits per heavy atom. The minimum Gasteiger partial charge on any atom is -0.481 e. The quantitative estimate of drug-likeness (QED) is 0.877. The van der Waals surface area contributed by atoms with E-state index < -0.39 is 29.7 Å². The first-order valence-corrected chi connectivity index (χ1v) is 5.30. The van der Waals surface area contributed by atoms with Gasteiger partial charge >= 0.3 is 12.1 Å². The zero-order valence-electron chi connectivity index (χ0n) is 9.61. The average molecular weight is 262 g/mol. The zero-order valence-corrected chi connectivity index (χ0v) is 9.61. The molecule has 6 heteroatoms. The Hall–Kier alpha value is -1.56. The van der Waals surface area contributed by atoms with Crippen LogP contribution in [0.5, 0.6) is 0 Å². The van der Waals surface area contributed by atoms with E-state index in [4.69, 9.17) is 5.11 Å². The number of alkyl halides is 3. The van der Waals surface area contributed by atoms with Crippen molar-refractivity contribution < 1.29 is 28.2 Å². The zero-order chi connectivity index (χ0) is 13.9. The summed E-state index contributed by atoms with van der Waals surface area (Å²) < 4.78 is 37.3. The molecule has 0 aromatic heterocycles. The highest BCUT2D eigenvalue weighted by atomic mass is 19.4. The molecule has 1 aromatic carbocycles. The third kappa shape index (κ3) is 3.73. The largest absolute Gasteiger partial charge is 0.481 e. The van der Waals surface area contributed by atoms with E-state index >= 15 is 0 Å². The first kappa shape index (κ1) is 14.5. The molecule has 18 heavy (non-hydrogen) atoms. The smallest absolute Gasteiger partial charge is 0.416 e. The SMILES string of the molecule is CC(CC(O)c1cccc(C(F)(F)F)c1)C(=O)O. The molecule has 2 atom stereocenters. The number of aliphatic hydroxyl groups is 1. The number of benzene rings is 1. The highest BCUT2D eigenvalue weighted by Crippen LogP contribution is 2.31. The van der Waals surface area contributed by atoms with Crippen LogP contribution < -0.4 is 0 Å². The molecule has 2 unspecified atom stereocenters. The summed E-state index contributed by atoms with van der Waals surface area (Å²) in [6.07, 6.45) is -5.83. The van der Waals surface area contributed by atoms with Gasteiger partial charge in [0.15, 0.2) is 0 Å². The van der Waals surface area contributed by atoms with Gasteiger partial charge in [-0.2, -0.15) is 13.2 Å². The molecule has 1 aromatic rings. The maximum absolute atomic E-state index is 12.4. The fraction of sp³-hybridized carbons (Fsp3) is 0.417. The average Bonchev–Trinajstić information content (AvgIpc) is 2.27. The van der Waals surface area contributed by atoms with Crippen LogP contribution in [0.2, 0.25) is 0 Å². The third-order valence-electron chi connectivity index (χ3n) is 2.60. The van der Waals surface area contributed by atoms with E-state index in [0.29, 0.717) is 0 Å². The minimum atomic E-state index is -4.48. The Labute approximate surface area is 102 Å². The number of hydrogen-bond donors (Lipinski definition) is 2. The molecule has 0 aliphatic carbocycles. The van der Waals surface area contributed by atoms with Crippen LogP contribution in [-0.4, -0.2) is 16.2 Å². The number of halogens is 3. The van der Waals surface area contributed by atoms with E-state index in [1.54, 1.807) is 0 Å². The van der Waals surface area contributed by atoms with Crippen molar-refractivity contribution in [2.75, 3.05) is 0 Å². The van der Waals surface area contributed by atoms with Crippen molar-refractivity contribution in [3.05, 3.63) is 35.4 Å². The fourth-order valence-corrected chi connectivity index (χ4v) is 1.49. The molecule has 0 radical (unpaired) electrons. The third-order valence-corrected chi connectivity index (χ3v) is 2.60. The van der Waals surface area contributed by atoms with Crippen LogP contribution in [0.4, 0.5) is 13.2 Å². The standard InChI is InChI=1S/C12H13F3O3/c1-7(11(17)18)5-10(16)8-3-2-4-9(6-8)12(13,14)15/h2-4,6-7,10,16H,5H2,1H3,(H,17,18). The lowest BCUT2D eigenvalue weighted by Crippen LogP contribution is -2.14. The molecule has 0 bridgehead atoms. The predicted molar refractivity (Wildman–Crippen MR) is 57.8 cm³/mol. The van der Waals surface area contributed by atoms with Crippen molar-refractivity contribution in [3.8, 4) is 0 Å². The van der Waals surface area contributed by atoms with Crippen molar-refractivity contribution in [1.29, 1.82) is 0 Å². The Balaban J connectivity index is 2.87. The van der Waals surface area contributed by atoms with Crippen molar-refractivity contribution in [1.82, 2.24) is 0 Å². The number of aliphatic carboxylic acids is 1. The molecular weight excluding hydrogens is 249 g/mol. The molecule has 100 valence electrons. The van der Waals surface area contributed by atoms with Gasteiger partial charge in [-0.15, -0.1) is 0 Å². The molecule has 0 saturated heterocycles. The van der Waals surface area contributed by atoms with Gasteiger partial charge in [-0.1, -0.05) is 19.1 Å². The van der Waals surface area contributed by atoms with Gasteiger partial charge in [-0.05, 0) is 24.1 Å². The molecule has 0 saturated carbocycles. The van der Waals surface area contributed by atoms with E-state index in [0.717, 1.165) is 12.1 Å². The van der Waals surface area contributed by atoms with Crippen LogP contribution in [0.3, 0.4) is 0 Å². The first-order chi connectivity index (χ1) is 8.21. The summed E-state index contributed by atoms with van der Waals surface area (Å²) in [7, 11) is 0. The number of carbonyl (C=O) groups is 1. The van der Waals surface area contributed by atoms with Crippen LogP contribution in [0.1, 0.15) is 30.6 Å². The highest BCUT2D eigenvalue weighted by Gasteiger charge is 2.31. The van der Waals surface area contributed by atoms with E-state index in [2.05, 4.69) is 0 Å². The summed E-state index contributed by atoms with van der Waals surface area (Å²) in [6, 6.07) is 4.26. The summed E-state index contributed by atoms with van der Waals surface area (Å²) >= 11 is 0. The van der Waals surface area contributed by atoms with Crippen LogP contribution in [0.15, 0.2) is 24.3 Å². The Bertz CT molecular complexity index is 429. The van der Waals surface area contributed by atoms with Gasteiger partial charge < -0.3 is 10.2 Å². The summed E-state index contributed by atoms with van der Waals surface area (Å²) in [4.78, 5) is 10.6. The highest BCUT2D eigenvalue weighted by molar-refractivity contribution is 5.69. The van der Waals surface area contributed by atoms with Crippen LogP contribution >= 0.6 is 0 Å². The molecule has 0 fully saturated rings. The number of hydrogen-bond acceptors (Lipinski definition) is 2. The van der Waals surface area contributed by atoms with Gasteiger partial charge in [-0.3, -0.25) is 4.79 Å². The van der Waals surface area contributed by atoms with Crippen molar-refractivity contribution >= 4 is 5.97 Å². The van der Waals surface area contributed by atoms with Gasteiger partial charge in [0, 0.05) is 0 Å². The summed E-state index contributed by atoms with van der Waals surface area (Å²) in [6.45, 7) is 1.39. The van der Waals surface area contributed by atoms with Crippen molar-refractivity contribution in [2.45, 2.75) is 25.6 Å². The molecule has 0 aliphatic heterocycles. The first-order valence-electron chi connectivity index (χ1n) is 5.30. The summed E-state index contributed by atoms with van der Waals surface area (Å²) in [5.41, 5.74) is -0.792. The van der Waals surface area contributed by atoms with Gasteiger partial charge in [-0.25, -0.2) is 0 Å². The number of aliphatic hydroxyl groups excluding tert-OH is 1. The molecule has 0 amide bonds.